The van der Waals surface area contributed by atoms with Gasteiger partial charge in [-0.15, -0.1) is 10.2 Å². The quantitative estimate of drug-likeness (QED) is 0.206. The van der Waals surface area contributed by atoms with Crippen molar-refractivity contribution in [3.63, 3.8) is 0 Å². The molecule has 3 heterocycles. The van der Waals surface area contributed by atoms with Crippen LogP contribution in [0.25, 0.3) is 16.6 Å². The van der Waals surface area contributed by atoms with E-state index in [2.05, 4.69) is 34.6 Å². The Morgan fingerprint density at radius 2 is 1.81 bits per heavy atom. The van der Waals surface area contributed by atoms with Crippen molar-refractivity contribution in [1.29, 1.82) is 0 Å². The lowest BCUT2D eigenvalue weighted by Gasteiger charge is -2.13. The molecule has 1 aromatic carbocycles. The maximum absolute atomic E-state index is 13.1. The van der Waals surface area contributed by atoms with E-state index in [-0.39, 0.29) is 35.2 Å². The second kappa shape index (κ2) is 9.77. The number of hydrogen-bond donors (Lipinski definition) is 1. The van der Waals surface area contributed by atoms with E-state index >= 15 is 0 Å². The minimum absolute atomic E-state index is 0.0761. The molecule has 188 valence electrons. The SMILES string of the molecule is CCOC(=O)c1c(NC(=O)C(C)Sc2nnc3cc(C)c4cc(C)cc(C)c4n23)oc(C)c1C(C)=O. The van der Waals surface area contributed by atoms with Gasteiger partial charge in [-0.25, -0.2) is 4.79 Å². The minimum atomic E-state index is -0.730. The van der Waals surface area contributed by atoms with E-state index in [1.54, 1.807) is 20.8 Å². The van der Waals surface area contributed by atoms with Gasteiger partial charge in [0.15, 0.2) is 16.6 Å². The lowest BCUT2D eigenvalue weighted by Crippen LogP contribution is -2.24. The molecule has 0 radical (unpaired) electrons. The summed E-state index contributed by atoms with van der Waals surface area (Å²) in [6.45, 7) is 12.5. The van der Waals surface area contributed by atoms with Crippen LogP contribution in [0.4, 0.5) is 5.88 Å². The summed E-state index contributed by atoms with van der Waals surface area (Å²) in [6.07, 6.45) is 0. The first-order valence-corrected chi connectivity index (χ1v) is 12.5. The number of benzene rings is 1. The van der Waals surface area contributed by atoms with Gasteiger partial charge < -0.3 is 9.15 Å². The van der Waals surface area contributed by atoms with Crippen molar-refractivity contribution >= 4 is 51.9 Å². The molecule has 0 fully saturated rings. The number of anilines is 1. The fraction of sp³-hybridized carbons (Fsp3) is 0.346. The fourth-order valence-electron chi connectivity index (χ4n) is 4.37. The number of furan rings is 1. The molecule has 0 bridgehead atoms. The Labute approximate surface area is 212 Å². The lowest BCUT2D eigenvalue weighted by molar-refractivity contribution is -0.115. The van der Waals surface area contributed by atoms with Gasteiger partial charge in [-0.3, -0.25) is 19.3 Å². The first kappa shape index (κ1) is 25.4. The Kier molecular flexibility index (Phi) is 6.90. The number of Topliss-reactive ketones (excluding diaryl/α,β-unsaturated/α-hetero) is 1. The number of ketones is 1. The standard InChI is InChI=1S/C26H28N4O5S/c1-8-34-25(33)21-20(15(5)31)16(6)35-24(21)27-23(32)17(7)36-26-29-28-19-11-13(3)18-10-12(2)9-14(4)22(18)30(19)26/h9-11,17H,8H2,1-7H3,(H,27,32). The summed E-state index contributed by atoms with van der Waals surface area (Å²) in [5.41, 5.74) is 5.05. The highest BCUT2D eigenvalue weighted by atomic mass is 32.2. The van der Waals surface area contributed by atoms with Crippen LogP contribution in [0.3, 0.4) is 0 Å². The monoisotopic (exact) mass is 508 g/mol. The zero-order valence-electron chi connectivity index (χ0n) is 21.3. The van der Waals surface area contributed by atoms with Gasteiger partial charge in [-0.2, -0.15) is 0 Å². The van der Waals surface area contributed by atoms with Crippen molar-refractivity contribution in [2.75, 3.05) is 11.9 Å². The van der Waals surface area contributed by atoms with E-state index in [0.29, 0.717) is 10.8 Å². The van der Waals surface area contributed by atoms with Crippen LogP contribution in [-0.2, 0) is 9.53 Å². The zero-order chi connectivity index (χ0) is 26.3. The Hall–Kier alpha value is -3.66. The van der Waals surface area contributed by atoms with E-state index in [1.807, 2.05) is 24.3 Å². The summed E-state index contributed by atoms with van der Waals surface area (Å²) in [5.74, 6) is -1.38. The Bertz CT molecular complexity index is 1530. The zero-order valence-corrected chi connectivity index (χ0v) is 22.1. The van der Waals surface area contributed by atoms with E-state index in [4.69, 9.17) is 9.15 Å². The number of fused-ring (bicyclic) bond motifs is 3. The van der Waals surface area contributed by atoms with Crippen molar-refractivity contribution < 1.29 is 23.5 Å². The highest BCUT2D eigenvalue weighted by Gasteiger charge is 2.30. The Balaban J connectivity index is 1.67. The van der Waals surface area contributed by atoms with Crippen LogP contribution in [0.2, 0.25) is 0 Å². The summed E-state index contributed by atoms with van der Waals surface area (Å²) < 4.78 is 12.7. The number of carbonyl (C=O) groups is 3. The molecule has 10 heteroatoms. The Morgan fingerprint density at radius 3 is 2.47 bits per heavy atom. The number of nitrogens with zero attached hydrogens (tertiary/aromatic N) is 3. The molecular weight excluding hydrogens is 480 g/mol. The molecule has 4 aromatic rings. The predicted molar refractivity (Wildman–Crippen MR) is 138 cm³/mol. The number of thioether (sulfide) groups is 1. The number of carbonyl (C=O) groups excluding carboxylic acids is 3. The maximum atomic E-state index is 13.1. The maximum Gasteiger partial charge on any atom is 0.344 e. The molecule has 0 saturated heterocycles. The van der Waals surface area contributed by atoms with Gasteiger partial charge in [0.2, 0.25) is 11.8 Å². The summed E-state index contributed by atoms with van der Waals surface area (Å²) in [4.78, 5) is 37.8. The molecule has 0 saturated carbocycles. The molecule has 4 rings (SSSR count). The van der Waals surface area contributed by atoms with Crippen molar-refractivity contribution in [3.05, 3.63) is 51.8 Å². The molecule has 0 aliphatic carbocycles. The van der Waals surface area contributed by atoms with Crippen LogP contribution < -0.4 is 5.32 Å². The fourth-order valence-corrected chi connectivity index (χ4v) is 5.23. The van der Waals surface area contributed by atoms with E-state index in [9.17, 15) is 14.4 Å². The minimum Gasteiger partial charge on any atom is -0.462 e. The summed E-state index contributed by atoms with van der Waals surface area (Å²) in [5, 5.41) is 12.4. The molecule has 3 aromatic heterocycles. The molecule has 0 aliphatic rings. The normalized spacial score (nSPS) is 12.2. The average molecular weight is 509 g/mol. The molecule has 36 heavy (non-hydrogen) atoms. The number of nitrogens with one attached hydrogen (secondary N) is 1. The third kappa shape index (κ3) is 4.48. The van der Waals surface area contributed by atoms with Gasteiger partial charge in [0.1, 0.15) is 11.3 Å². The number of aromatic nitrogens is 3. The van der Waals surface area contributed by atoms with E-state index < -0.39 is 17.1 Å². The highest BCUT2D eigenvalue weighted by Crippen LogP contribution is 2.32. The summed E-state index contributed by atoms with van der Waals surface area (Å²) in [7, 11) is 0. The van der Waals surface area contributed by atoms with Gasteiger partial charge in [-0.05, 0) is 71.7 Å². The molecule has 0 aliphatic heterocycles. The van der Waals surface area contributed by atoms with Crippen LogP contribution >= 0.6 is 11.8 Å². The number of rotatable bonds is 7. The van der Waals surface area contributed by atoms with Crippen LogP contribution in [0, 0.1) is 27.7 Å². The molecule has 1 amide bonds. The van der Waals surface area contributed by atoms with Gasteiger partial charge in [0.05, 0.1) is 22.9 Å². The van der Waals surface area contributed by atoms with E-state index in [1.165, 1.54) is 18.7 Å². The van der Waals surface area contributed by atoms with E-state index in [0.717, 1.165) is 27.6 Å². The first-order valence-electron chi connectivity index (χ1n) is 11.6. The average Bonchev–Trinajstić information content (AvgIpc) is 3.33. The molecule has 9 nitrogen and oxygen atoms in total. The number of amides is 1. The van der Waals surface area contributed by atoms with Gasteiger partial charge in [-0.1, -0.05) is 23.4 Å². The van der Waals surface area contributed by atoms with Crippen LogP contribution in [-0.4, -0.2) is 44.1 Å². The van der Waals surface area contributed by atoms with Gasteiger partial charge >= 0.3 is 5.97 Å². The number of aryl methyl sites for hydroxylation is 4. The number of ether oxygens (including phenoxy) is 1. The second-order valence-electron chi connectivity index (χ2n) is 8.74. The molecule has 1 unspecified atom stereocenters. The van der Waals surface area contributed by atoms with Crippen molar-refractivity contribution in [2.24, 2.45) is 0 Å². The molecular formula is C26H28N4O5S. The number of hydrogen-bond acceptors (Lipinski definition) is 8. The lowest BCUT2D eigenvalue weighted by atomic mass is 10.0. The van der Waals surface area contributed by atoms with Crippen LogP contribution in [0.15, 0.2) is 27.8 Å². The highest BCUT2D eigenvalue weighted by molar-refractivity contribution is 8.00. The topological polar surface area (TPSA) is 116 Å². The molecule has 1 atom stereocenters. The molecule has 1 N–H and O–H groups in total. The van der Waals surface area contributed by atoms with Crippen LogP contribution in [0.1, 0.15) is 63.9 Å². The number of esters is 1. The number of pyridine rings is 1. The van der Waals surface area contributed by atoms with Gasteiger partial charge in [0.25, 0.3) is 0 Å². The first-order chi connectivity index (χ1) is 17.0. The molecule has 0 spiro atoms. The third-order valence-electron chi connectivity index (χ3n) is 5.90. The van der Waals surface area contributed by atoms with Crippen molar-refractivity contribution in [2.45, 2.75) is 58.9 Å². The Morgan fingerprint density at radius 1 is 1.08 bits per heavy atom. The third-order valence-corrected chi connectivity index (χ3v) is 6.94. The van der Waals surface area contributed by atoms with Crippen LogP contribution in [0.5, 0.6) is 0 Å². The van der Waals surface area contributed by atoms with Gasteiger partial charge in [0, 0.05) is 5.39 Å². The summed E-state index contributed by atoms with van der Waals surface area (Å²) in [6, 6.07) is 6.21. The smallest absolute Gasteiger partial charge is 0.344 e. The predicted octanol–water partition coefficient (Wildman–Crippen LogP) is 5.21. The second-order valence-corrected chi connectivity index (χ2v) is 10.1. The largest absolute Gasteiger partial charge is 0.462 e. The summed E-state index contributed by atoms with van der Waals surface area (Å²) >= 11 is 1.24. The van der Waals surface area contributed by atoms with Crippen molar-refractivity contribution in [3.8, 4) is 0 Å². The van der Waals surface area contributed by atoms with Crippen molar-refractivity contribution in [1.82, 2.24) is 14.6 Å².